The second kappa shape index (κ2) is 11.2. The molecule has 1 aromatic heterocycles. The van der Waals surface area contributed by atoms with Gasteiger partial charge in [-0.2, -0.15) is 0 Å². The lowest BCUT2D eigenvalue weighted by atomic mass is 10.1. The van der Waals surface area contributed by atoms with Crippen molar-refractivity contribution in [2.24, 2.45) is 4.99 Å². The first kappa shape index (κ1) is 20.8. The summed E-state index contributed by atoms with van der Waals surface area (Å²) < 4.78 is 10.5. The summed E-state index contributed by atoms with van der Waals surface area (Å²) in [4.78, 5) is 4.30. The van der Waals surface area contributed by atoms with Gasteiger partial charge in [0.1, 0.15) is 5.76 Å². The average Bonchev–Trinajstić information content (AvgIpc) is 3.11. The number of rotatable bonds is 10. The zero-order valence-electron chi connectivity index (χ0n) is 16.8. The Hall–Kier alpha value is -2.54. The van der Waals surface area contributed by atoms with Crippen LogP contribution >= 0.6 is 0 Å². The number of aromatic nitrogens is 1. The van der Waals surface area contributed by atoms with E-state index in [0.29, 0.717) is 19.7 Å². The average molecular weight is 374 g/mol. The van der Waals surface area contributed by atoms with E-state index in [1.807, 2.05) is 0 Å². The SMILES string of the molecule is CCc1noc(CC)c1CNC(=NC)NCc1ccc(NCCOC)cc1. The van der Waals surface area contributed by atoms with E-state index in [-0.39, 0.29) is 0 Å². The lowest BCUT2D eigenvalue weighted by molar-refractivity contribution is 0.211. The fourth-order valence-corrected chi connectivity index (χ4v) is 2.75. The fourth-order valence-electron chi connectivity index (χ4n) is 2.75. The Bertz CT molecular complexity index is 688. The van der Waals surface area contributed by atoms with E-state index in [4.69, 9.17) is 9.26 Å². The van der Waals surface area contributed by atoms with Crippen LogP contribution < -0.4 is 16.0 Å². The standard InChI is InChI=1S/C20H31N5O2/c1-5-18-17(19(6-2)27-25-18)14-24-20(21-3)23-13-15-7-9-16(10-8-15)22-11-12-26-4/h7-10,22H,5-6,11-14H2,1-4H3,(H2,21,23,24). The quantitative estimate of drug-likeness (QED) is 0.337. The molecular formula is C20H31N5O2. The number of anilines is 1. The Kier molecular flexibility index (Phi) is 8.64. The molecule has 0 aliphatic carbocycles. The van der Waals surface area contributed by atoms with Crippen molar-refractivity contribution in [3.8, 4) is 0 Å². The third kappa shape index (κ3) is 6.29. The van der Waals surface area contributed by atoms with Crippen LogP contribution in [-0.2, 0) is 30.7 Å². The predicted octanol–water partition coefficient (Wildman–Crippen LogP) is 2.72. The molecule has 0 saturated heterocycles. The molecule has 0 aliphatic heterocycles. The van der Waals surface area contributed by atoms with E-state index >= 15 is 0 Å². The highest BCUT2D eigenvalue weighted by molar-refractivity contribution is 5.79. The highest BCUT2D eigenvalue weighted by atomic mass is 16.5. The Morgan fingerprint density at radius 1 is 1.11 bits per heavy atom. The summed E-state index contributed by atoms with van der Waals surface area (Å²) in [6.07, 6.45) is 1.69. The van der Waals surface area contributed by atoms with Crippen molar-refractivity contribution in [3.63, 3.8) is 0 Å². The van der Waals surface area contributed by atoms with Gasteiger partial charge in [-0.15, -0.1) is 0 Å². The number of aryl methyl sites for hydroxylation is 2. The number of nitrogens with one attached hydrogen (secondary N) is 3. The monoisotopic (exact) mass is 373 g/mol. The molecule has 0 amide bonds. The number of benzene rings is 1. The minimum absolute atomic E-state index is 0.651. The van der Waals surface area contributed by atoms with E-state index in [1.54, 1.807) is 14.2 Å². The predicted molar refractivity (Wildman–Crippen MR) is 109 cm³/mol. The molecule has 2 aromatic rings. The second-order valence-corrected chi connectivity index (χ2v) is 6.13. The van der Waals surface area contributed by atoms with E-state index in [1.165, 1.54) is 5.56 Å². The van der Waals surface area contributed by atoms with Crippen molar-refractivity contribution in [3.05, 3.63) is 46.8 Å². The summed E-state index contributed by atoms with van der Waals surface area (Å²) in [5, 5.41) is 14.2. The van der Waals surface area contributed by atoms with E-state index in [0.717, 1.165) is 48.1 Å². The zero-order valence-corrected chi connectivity index (χ0v) is 16.8. The Labute approximate surface area is 161 Å². The van der Waals surface area contributed by atoms with Gasteiger partial charge in [0, 0.05) is 51.5 Å². The van der Waals surface area contributed by atoms with Crippen LogP contribution in [0.3, 0.4) is 0 Å². The van der Waals surface area contributed by atoms with Crippen LogP contribution in [0, 0.1) is 0 Å². The van der Waals surface area contributed by atoms with E-state index < -0.39 is 0 Å². The Morgan fingerprint density at radius 3 is 2.48 bits per heavy atom. The van der Waals surface area contributed by atoms with E-state index in [2.05, 4.69) is 64.2 Å². The molecule has 1 heterocycles. The van der Waals surface area contributed by atoms with Gasteiger partial charge in [-0.1, -0.05) is 31.1 Å². The molecule has 0 saturated carbocycles. The highest BCUT2D eigenvalue weighted by Gasteiger charge is 2.13. The van der Waals surface area contributed by atoms with Crippen LogP contribution in [0.25, 0.3) is 0 Å². The van der Waals surface area contributed by atoms with Crippen molar-refractivity contribution in [2.45, 2.75) is 39.8 Å². The van der Waals surface area contributed by atoms with Gasteiger partial charge in [0.25, 0.3) is 0 Å². The molecule has 0 spiro atoms. The molecular weight excluding hydrogens is 342 g/mol. The topological polar surface area (TPSA) is 83.7 Å². The van der Waals surface area contributed by atoms with Gasteiger partial charge in [-0.05, 0) is 24.1 Å². The summed E-state index contributed by atoms with van der Waals surface area (Å²) in [7, 11) is 3.47. The van der Waals surface area contributed by atoms with Crippen LogP contribution in [0.2, 0.25) is 0 Å². The molecule has 148 valence electrons. The van der Waals surface area contributed by atoms with Crippen LogP contribution in [-0.4, -0.2) is 38.4 Å². The van der Waals surface area contributed by atoms with Crippen LogP contribution in [0.15, 0.2) is 33.8 Å². The maximum absolute atomic E-state index is 5.41. The van der Waals surface area contributed by atoms with Crippen molar-refractivity contribution in [2.75, 3.05) is 32.6 Å². The molecule has 7 nitrogen and oxygen atoms in total. The third-order valence-corrected chi connectivity index (χ3v) is 4.31. The van der Waals surface area contributed by atoms with Crippen molar-refractivity contribution < 1.29 is 9.26 Å². The lowest BCUT2D eigenvalue weighted by Gasteiger charge is -2.13. The number of guanidine groups is 1. The van der Waals surface area contributed by atoms with Gasteiger partial charge >= 0.3 is 0 Å². The van der Waals surface area contributed by atoms with Gasteiger partial charge < -0.3 is 25.2 Å². The first-order valence-electron chi connectivity index (χ1n) is 9.44. The van der Waals surface area contributed by atoms with Crippen molar-refractivity contribution in [1.29, 1.82) is 0 Å². The molecule has 2 rings (SSSR count). The lowest BCUT2D eigenvalue weighted by Crippen LogP contribution is -2.36. The highest BCUT2D eigenvalue weighted by Crippen LogP contribution is 2.15. The number of methoxy groups -OCH3 is 1. The molecule has 0 atom stereocenters. The zero-order chi connectivity index (χ0) is 19.5. The summed E-state index contributed by atoms with van der Waals surface area (Å²) in [5.41, 5.74) is 4.41. The summed E-state index contributed by atoms with van der Waals surface area (Å²) in [5.74, 6) is 1.69. The number of ether oxygens (including phenoxy) is 1. The number of nitrogens with zero attached hydrogens (tertiary/aromatic N) is 2. The second-order valence-electron chi connectivity index (χ2n) is 6.13. The molecule has 0 fully saturated rings. The van der Waals surface area contributed by atoms with Crippen LogP contribution in [0.4, 0.5) is 5.69 Å². The van der Waals surface area contributed by atoms with Crippen LogP contribution in [0.1, 0.15) is 36.4 Å². The van der Waals surface area contributed by atoms with Crippen molar-refractivity contribution in [1.82, 2.24) is 15.8 Å². The molecule has 3 N–H and O–H groups in total. The van der Waals surface area contributed by atoms with Gasteiger partial charge in [0.05, 0.1) is 12.3 Å². The third-order valence-electron chi connectivity index (χ3n) is 4.31. The first-order valence-corrected chi connectivity index (χ1v) is 9.44. The largest absolute Gasteiger partial charge is 0.383 e. The first-order chi connectivity index (χ1) is 13.2. The minimum Gasteiger partial charge on any atom is -0.383 e. The molecule has 27 heavy (non-hydrogen) atoms. The van der Waals surface area contributed by atoms with Gasteiger partial charge in [0.2, 0.25) is 0 Å². The van der Waals surface area contributed by atoms with Crippen molar-refractivity contribution >= 4 is 11.6 Å². The summed E-state index contributed by atoms with van der Waals surface area (Å²) in [6, 6.07) is 8.34. The summed E-state index contributed by atoms with van der Waals surface area (Å²) >= 11 is 0. The normalized spacial score (nSPS) is 11.5. The van der Waals surface area contributed by atoms with Gasteiger partial charge in [-0.25, -0.2) is 0 Å². The molecule has 0 radical (unpaired) electrons. The molecule has 0 aliphatic rings. The number of hydrogen-bond donors (Lipinski definition) is 3. The maximum Gasteiger partial charge on any atom is 0.191 e. The maximum atomic E-state index is 5.41. The number of aliphatic imine (C=N–C) groups is 1. The Balaban J connectivity index is 1.84. The summed E-state index contributed by atoms with van der Waals surface area (Å²) in [6.45, 7) is 7.00. The van der Waals surface area contributed by atoms with Gasteiger partial charge in [0.15, 0.2) is 5.96 Å². The molecule has 1 aromatic carbocycles. The Morgan fingerprint density at radius 2 is 1.85 bits per heavy atom. The molecule has 0 bridgehead atoms. The minimum atomic E-state index is 0.651. The fraction of sp³-hybridized carbons (Fsp3) is 0.500. The molecule has 7 heteroatoms. The van der Waals surface area contributed by atoms with Gasteiger partial charge in [-0.3, -0.25) is 4.99 Å². The molecule has 0 unspecified atom stereocenters. The smallest absolute Gasteiger partial charge is 0.191 e. The van der Waals surface area contributed by atoms with Crippen LogP contribution in [0.5, 0.6) is 0 Å². The van der Waals surface area contributed by atoms with E-state index in [9.17, 15) is 0 Å². The number of hydrogen-bond acceptors (Lipinski definition) is 5.